The van der Waals surface area contributed by atoms with E-state index >= 15 is 0 Å². The molecule has 0 saturated carbocycles. The first kappa shape index (κ1) is 22.2. The monoisotopic (exact) mass is 417 g/mol. The maximum absolute atomic E-state index is 12.5. The Morgan fingerprint density at radius 1 is 1.14 bits per heavy atom. The number of ketones is 1. The van der Waals surface area contributed by atoms with E-state index in [1.807, 2.05) is 0 Å². The second-order valence-electron chi connectivity index (χ2n) is 6.04. The van der Waals surface area contributed by atoms with E-state index in [1.54, 1.807) is 30.3 Å². The molecule has 1 heterocycles. The van der Waals surface area contributed by atoms with Gasteiger partial charge in [0, 0.05) is 23.4 Å². The van der Waals surface area contributed by atoms with Crippen LogP contribution in [0.15, 0.2) is 36.4 Å². The van der Waals surface area contributed by atoms with Crippen molar-refractivity contribution in [3.8, 4) is 11.5 Å². The molecule has 2 aromatic rings. The fourth-order valence-electron chi connectivity index (χ4n) is 2.49. The molecule has 0 fully saturated rings. The van der Waals surface area contributed by atoms with Crippen molar-refractivity contribution in [1.29, 1.82) is 0 Å². The number of amides is 1. The van der Waals surface area contributed by atoms with Gasteiger partial charge in [0.05, 0.1) is 25.6 Å². The van der Waals surface area contributed by atoms with Crippen LogP contribution >= 0.6 is 11.3 Å². The first-order valence-electron chi connectivity index (χ1n) is 8.82. The SMILES string of the molecule is COc1cccc(/C=C/C(=O)OC(C)C(=O)c2ccc(CNC(C)=O)s2)c1OC. The normalized spacial score (nSPS) is 11.7. The van der Waals surface area contributed by atoms with E-state index in [0.717, 1.165) is 4.88 Å². The molecule has 1 atom stereocenters. The standard InChI is InChI=1S/C21H23NO6S/c1-13(20(25)18-10-9-16(29-18)12-22-14(2)23)28-19(24)11-8-15-6-5-7-17(26-3)21(15)27-4/h5-11,13H,12H2,1-4H3,(H,22,23)/b11-8+. The molecule has 154 valence electrons. The van der Waals surface area contributed by atoms with Crippen LogP contribution in [0.5, 0.6) is 11.5 Å². The van der Waals surface area contributed by atoms with Gasteiger partial charge >= 0.3 is 5.97 Å². The van der Waals surface area contributed by atoms with Crippen molar-refractivity contribution < 1.29 is 28.6 Å². The fourth-order valence-corrected chi connectivity index (χ4v) is 3.45. The number of hydrogen-bond donors (Lipinski definition) is 1. The number of carbonyl (C=O) groups is 3. The Labute approximate surface area is 173 Å². The molecule has 2 rings (SSSR count). The molecular weight excluding hydrogens is 394 g/mol. The number of rotatable bonds is 9. The average molecular weight is 417 g/mol. The summed E-state index contributed by atoms with van der Waals surface area (Å²) in [5, 5.41) is 2.67. The van der Waals surface area contributed by atoms with E-state index in [-0.39, 0.29) is 11.7 Å². The lowest BCUT2D eigenvalue weighted by Crippen LogP contribution is -2.22. The number of methoxy groups -OCH3 is 2. The molecular formula is C21H23NO6S. The Morgan fingerprint density at radius 3 is 2.55 bits per heavy atom. The van der Waals surface area contributed by atoms with Gasteiger partial charge in [-0.25, -0.2) is 4.79 Å². The number of esters is 1. The smallest absolute Gasteiger partial charge is 0.331 e. The number of hydrogen-bond acceptors (Lipinski definition) is 7. The van der Waals surface area contributed by atoms with E-state index in [1.165, 1.54) is 51.6 Å². The van der Waals surface area contributed by atoms with Crippen molar-refractivity contribution in [3.63, 3.8) is 0 Å². The summed E-state index contributed by atoms with van der Waals surface area (Å²) in [7, 11) is 3.04. The molecule has 8 heteroatoms. The Bertz CT molecular complexity index is 918. The van der Waals surface area contributed by atoms with E-state index in [2.05, 4.69) is 5.32 Å². The molecule has 1 aromatic carbocycles. The first-order valence-corrected chi connectivity index (χ1v) is 9.64. The van der Waals surface area contributed by atoms with Crippen LogP contribution in [0, 0.1) is 0 Å². The number of nitrogens with one attached hydrogen (secondary N) is 1. The highest BCUT2D eigenvalue weighted by Gasteiger charge is 2.20. The maximum Gasteiger partial charge on any atom is 0.331 e. The van der Waals surface area contributed by atoms with Crippen molar-refractivity contribution in [3.05, 3.63) is 51.7 Å². The average Bonchev–Trinajstić information content (AvgIpc) is 3.18. The number of carbonyl (C=O) groups excluding carboxylic acids is 3. The predicted molar refractivity (Wildman–Crippen MR) is 110 cm³/mol. The summed E-state index contributed by atoms with van der Waals surface area (Å²) in [4.78, 5) is 36.9. The van der Waals surface area contributed by atoms with Gasteiger partial charge in [-0.3, -0.25) is 9.59 Å². The molecule has 0 spiro atoms. The van der Waals surface area contributed by atoms with Crippen molar-refractivity contribution in [2.75, 3.05) is 14.2 Å². The van der Waals surface area contributed by atoms with Gasteiger partial charge in [-0.05, 0) is 31.2 Å². The summed E-state index contributed by atoms with van der Waals surface area (Å²) < 4.78 is 15.7. The fraction of sp³-hybridized carbons (Fsp3) is 0.286. The van der Waals surface area contributed by atoms with E-state index in [0.29, 0.717) is 28.5 Å². The number of benzene rings is 1. The second kappa shape index (κ2) is 10.4. The van der Waals surface area contributed by atoms with Crippen LogP contribution in [0.3, 0.4) is 0 Å². The third-order valence-corrected chi connectivity index (χ3v) is 5.01. The van der Waals surface area contributed by atoms with Gasteiger partial charge in [0.15, 0.2) is 17.6 Å². The van der Waals surface area contributed by atoms with Crippen LogP contribution in [0.2, 0.25) is 0 Å². The third kappa shape index (κ3) is 6.18. The van der Waals surface area contributed by atoms with Crippen LogP contribution < -0.4 is 14.8 Å². The second-order valence-corrected chi connectivity index (χ2v) is 7.20. The quantitative estimate of drug-likeness (QED) is 0.383. The number of thiophene rings is 1. The van der Waals surface area contributed by atoms with Gasteiger partial charge in [-0.1, -0.05) is 12.1 Å². The Balaban J connectivity index is 1.99. The van der Waals surface area contributed by atoms with Gasteiger partial charge in [-0.15, -0.1) is 11.3 Å². The lowest BCUT2D eigenvalue weighted by Gasteiger charge is -2.11. The predicted octanol–water partition coefficient (Wildman–Crippen LogP) is 3.23. The lowest BCUT2D eigenvalue weighted by atomic mass is 10.1. The van der Waals surface area contributed by atoms with Crippen molar-refractivity contribution in [2.45, 2.75) is 26.5 Å². The molecule has 0 saturated heterocycles. The molecule has 0 aliphatic heterocycles. The van der Waals surface area contributed by atoms with Crippen LogP contribution in [-0.2, 0) is 20.9 Å². The summed E-state index contributed by atoms with van der Waals surface area (Å²) in [6.07, 6.45) is 1.83. The van der Waals surface area contributed by atoms with Crippen molar-refractivity contribution in [1.82, 2.24) is 5.32 Å². The molecule has 1 unspecified atom stereocenters. The molecule has 1 aromatic heterocycles. The minimum atomic E-state index is -0.938. The molecule has 1 amide bonds. The third-order valence-electron chi connectivity index (χ3n) is 3.91. The molecule has 0 aliphatic carbocycles. The zero-order valence-electron chi connectivity index (χ0n) is 16.7. The zero-order chi connectivity index (χ0) is 21.4. The van der Waals surface area contributed by atoms with E-state index < -0.39 is 12.1 Å². The number of ether oxygens (including phenoxy) is 3. The van der Waals surface area contributed by atoms with Crippen molar-refractivity contribution in [2.24, 2.45) is 0 Å². The van der Waals surface area contributed by atoms with Crippen LogP contribution in [-0.4, -0.2) is 38.0 Å². The van der Waals surface area contributed by atoms with Gasteiger partial charge in [0.1, 0.15) is 0 Å². The maximum atomic E-state index is 12.5. The number of Topliss-reactive ketones (excluding diaryl/α,β-unsaturated/α-hetero) is 1. The summed E-state index contributed by atoms with van der Waals surface area (Å²) in [5.74, 6) is -0.0589. The number of para-hydroxylation sites is 1. The zero-order valence-corrected chi connectivity index (χ0v) is 17.5. The summed E-state index contributed by atoms with van der Waals surface area (Å²) >= 11 is 1.25. The molecule has 1 N–H and O–H groups in total. The van der Waals surface area contributed by atoms with Gasteiger partial charge in [0.2, 0.25) is 11.7 Å². The molecule has 29 heavy (non-hydrogen) atoms. The highest BCUT2D eigenvalue weighted by Crippen LogP contribution is 2.31. The minimum absolute atomic E-state index is 0.145. The Morgan fingerprint density at radius 2 is 1.90 bits per heavy atom. The summed E-state index contributed by atoms with van der Waals surface area (Å²) in [6.45, 7) is 3.30. The lowest BCUT2D eigenvalue weighted by molar-refractivity contribution is -0.140. The molecule has 0 bridgehead atoms. The highest BCUT2D eigenvalue weighted by molar-refractivity contribution is 7.14. The molecule has 7 nitrogen and oxygen atoms in total. The minimum Gasteiger partial charge on any atom is -0.493 e. The van der Waals surface area contributed by atoms with E-state index in [9.17, 15) is 14.4 Å². The summed E-state index contributed by atoms with van der Waals surface area (Å²) in [5.41, 5.74) is 0.642. The van der Waals surface area contributed by atoms with Crippen LogP contribution in [0.1, 0.15) is 34.0 Å². The highest BCUT2D eigenvalue weighted by atomic mass is 32.1. The van der Waals surface area contributed by atoms with Gasteiger partial charge < -0.3 is 19.5 Å². The largest absolute Gasteiger partial charge is 0.493 e. The molecule has 0 radical (unpaired) electrons. The van der Waals surface area contributed by atoms with Gasteiger partial charge in [-0.2, -0.15) is 0 Å². The van der Waals surface area contributed by atoms with Crippen LogP contribution in [0.25, 0.3) is 6.08 Å². The van der Waals surface area contributed by atoms with Crippen molar-refractivity contribution >= 4 is 35.1 Å². The summed E-state index contributed by atoms with van der Waals surface area (Å²) in [6, 6.07) is 8.70. The van der Waals surface area contributed by atoms with Gasteiger partial charge in [0.25, 0.3) is 0 Å². The Hall–Kier alpha value is -3.13. The topological polar surface area (TPSA) is 90.9 Å². The Kier molecular flexibility index (Phi) is 7.97. The van der Waals surface area contributed by atoms with Crippen LogP contribution in [0.4, 0.5) is 0 Å². The first-order chi connectivity index (χ1) is 13.8. The van der Waals surface area contributed by atoms with E-state index in [4.69, 9.17) is 14.2 Å². The molecule has 0 aliphatic rings.